The summed E-state index contributed by atoms with van der Waals surface area (Å²) in [6.45, 7) is 1.36. The minimum atomic E-state index is -0.332. The topological polar surface area (TPSA) is 50.1 Å². The maximum atomic E-state index is 10.6. The molecule has 0 bridgehead atoms. The maximum Gasteiger partial charge on any atom is 0.303 e. The highest BCUT2D eigenvalue weighted by Crippen LogP contribution is 2.20. The van der Waals surface area contributed by atoms with E-state index < -0.39 is 0 Å². The van der Waals surface area contributed by atoms with Crippen LogP contribution >= 0.6 is 0 Å². The normalized spacial score (nSPS) is 27.7. The lowest BCUT2D eigenvalue weighted by Crippen LogP contribution is -2.25. The zero-order valence-electron chi connectivity index (χ0n) is 6.99. The van der Waals surface area contributed by atoms with Gasteiger partial charge in [-0.15, -0.1) is 0 Å². The van der Waals surface area contributed by atoms with E-state index in [1.165, 1.54) is 6.92 Å². The van der Waals surface area contributed by atoms with E-state index >= 15 is 0 Å². The van der Waals surface area contributed by atoms with Crippen LogP contribution in [0.3, 0.4) is 0 Å². The Labute approximate surface area is 71.6 Å². The van der Waals surface area contributed by atoms with Gasteiger partial charge in [0.1, 0.15) is 6.10 Å². The van der Waals surface area contributed by atoms with Crippen LogP contribution in [0.5, 0.6) is 0 Å². The van der Waals surface area contributed by atoms with E-state index in [0.29, 0.717) is 0 Å². The van der Waals surface area contributed by atoms with Crippen LogP contribution in [-0.2, 0) is 9.53 Å². The first kappa shape index (κ1) is 8.79. The van der Waals surface area contributed by atoms with Gasteiger partial charge in [0.25, 0.3) is 0 Å². The monoisotopic (exact) mass is 165 g/mol. The maximum absolute atomic E-state index is 10.6. The standard InChI is InChI=1S/C9H11NO2/c1-7(11)12-9-5-3-2-4-8(9)6-10/h3,5,8-9H,2,4H2,1H3/t8-,9-/m0/s1. The summed E-state index contributed by atoms with van der Waals surface area (Å²) in [4.78, 5) is 10.6. The minimum absolute atomic E-state index is 0.168. The lowest BCUT2D eigenvalue weighted by Gasteiger charge is -2.21. The van der Waals surface area contributed by atoms with Crippen molar-refractivity contribution in [3.8, 4) is 6.07 Å². The summed E-state index contributed by atoms with van der Waals surface area (Å²) in [6.07, 6.45) is 5.09. The Morgan fingerprint density at radius 2 is 2.50 bits per heavy atom. The number of nitriles is 1. The van der Waals surface area contributed by atoms with Crippen molar-refractivity contribution >= 4 is 5.97 Å². The molecule has 0 fully saturated rings. The Morgan fingerprint density at radius 1 is 1.75 bits per heavy atom. The zero-order chi connectivity index (χ0) is 8.97. The summed E-state index contributed by atoms with van der Waals surface area (Å²) in [6, 6.07) is 2.13. The summed E-state index contributed by atoms with van der Waals surface area (Å²) in [5, 5.41) is 8.70. The Kier molecular flexibility index (Phi) is 2.87. The molecule has 1 aliphatic rings. The SMILES string of the molecule is CC(=O)O[C@H]1C=CCC[C@H]1C#N. The molecule has 0 amide bonds. The molecule has 64 valence electrons. The number of carbonyl (C=O) groups excluding carboxylic acids is 1. The molecule has 1 aliphatic carbocycles. The van der Waals surface area contributed by atoms with Gasteiger partial charge in [0.05, 0.1) is 12.0 Å². The fourth-order valence-electron chi connectivity index (χ4n) is 1.26. The van der Waals surface area contributed by atoms with Crippen molar-refractivity contribution in [3.63, 3.8) is 0 Å². The molecule has 0 N–H and O–H groups in total. The second-order valence-electron chi connectivity index (χ2n) is 2.82. The second kappa shape index (κ2) is 3.91. The Hall–Kier alpha value is -1.30. The minimum Gasteiger partial charge on any atom is -0.457 e. The van der Waals surface area contributed by atoms with Crippen molar-refractivity contribution in [2.75, 3.05) is 0 Å². The zero-order valence-corrected chi connectivity index (χ0v) is 6.99. The fourth-order valence-corrected chi connectivity index (χ4v) is 1.26. The van der Waals surface area contributed by atoms with E-state index in [4.69, 9.17) is 10.00 Å². The number of hydrogen-bond acceptors (Lipinski definition) is 3. The van der Waals surface area contributed by atoms with Crippen LogP contribution in [0, 0.1) is 17.2 Å². The number of ether oxygens (including phenoxy) is 1. The van der Waals surface area contributed by atoms with Gasteiger partial charge in [-0.3, -0.25) is 4.79 Å². The molecule has 0 heterocycles. The quantitative estimate of drug-likeness (QED) is 0.436. The summed E-state index contributed by atoms with van der Waals surface area (Å²) in [5.41, 5.74) is 0. The van der Waals surface area contributed by atoms with E-state index in [1.54, 1.807) is 6.08 Å². The smallest absolute Gasteiger partial charge is 0.303 e. The van der Waals surface area contributed by atoms with Crippen LogP contribution in [0.25, 0.3) is 0 Å². The van der Waals surface area contributed by atoms with Gasteiger partial charge in [0.2, 0.25) is 0 Å². The average molecular weight is 165 g/mol. The van der Waals surface area contributed by atoms with Gasteiger partial charge >= 0.3 is 5.97 Å². The van der Waals surface area contributed by atoms with Crippen molar-refractivity contribution < 1.29 is 9.53 Å². The van der Waals surface area contributed by atoms with E-state index in [9.17, 15) is 4.79 Å². The van der Waals surface area contributed by atoms with Gasteiger partial charge in [0.15, 0.2) is 0 Å². The Balaban J connectivity index is 2.59. The van der Waals surface area contributed by atoms with Crippen LogP contribution in [0.15, 0.2) is 12.2 Å². The molecule has 0 unspecified atom stereocenters. The number of nitrogens with zero attached hydrogens (tertiary/aromatic N) is 1. The van der Waals surface area contributed by atoms with Crippen molar-refractivity contribution in [1.82, 2.24) is 0 Å². The van der Waals surface area contributed by atoms with E-state index in [-0.39, 0.29) is 18.0 Å². The van der Waals surface area contributed by atoms with Crippen LogP contribution in [0.4, 0.5) is 0 Å². The third kappa shape index (κ3) is 2.09. The van der Waals surface area contributed by atoms with Gasteiger partial charge in [-0.1, -0.05) is 6.08 Å². The van der Waals surface area contributed by atoms with Crippen molar-refractivity contribution in [2.24, 2.45) is 5.92 Å². The number of allylic oxidation sites excluding steroid dienone is 1. The van der Waals surface area contributed by atoms with Crippen molar-refractivity contribution in [2.45, 2.75) is 25.9 Å². The van der Waals surface area contributed by atoms with Crippen LogP contribution in [0.1, 0.15) is 19.8 Å². The molecule has 0 aromatic heterocycles. The first-order chi connectivity index (χ1) is 5.74. The largest absolute Gasteiger partial charge is 0.457 e. The van der Waals surface area contributed by atoms with Gasteiger partial charge in [-0.2, -0.15) is 5.26 Å². The predicted molar refractivity (Wildman–Crippen MR) is 43.0 cm³/mol. The number of esters is 1. The van der Waals surface area contributed by atoms with Gasteiger partial charge in [-0.25, -0.2) is 0 Å². The van der Waals surface area contributed by atoms with Crippen molar-refractivity contribution in [1.29, 1.82) is 5.26 Å². The molecule has 12 heavy (non-hydrogen) atoms. The molecule has 0 aliphatic heterocycles. The molecule has 2 atom stereocenters. The number of hydrogen-bond donors (Lipinski definition) is 0. The van der Waals surface area contributed by atoms with E-state index in [2.05, 4.69) is 6.07 Å². The molecule has 0 aromatic rings. The summed E-state index contributed by atoms with van der Waals surface area (Å²) in [5.74, 6) is -0.495. The molecule has 0 saturated heterocycles. The molecule has 0 saturated carbocycles. The lowest BCUT2D eigenvalue weighted by molar-refractivity contribution is -0.145. The van der Waals surface area contributed by atoms with Crippen LogP contribution < -0.4 is 0 Å². The van der Waals surface area contributed by atoms with E-state index in [1.807, 2.05) is 6.08 Å². The third-order valence-electron chi connectivity index (χ3n) is 1.83. The van der Waals surface area contributed by atoms with E-state index in [0.717, 1.165) is 12.8 Å². The molecule has 3 heteroatoms. The molecule has 0 spiro atoms. The Morgan fingerprint density at radius 3 is 3.08 bits per heavy atom. The Bertz CT molecular complexity index is 239. The average Bonchev–Trinajstić information content (AvgIpc) is 2.04. The lowest BCUT2D eigenvalue weighted by atomic mass is 9.93. The summed E-state index contributed by atoms with van der Waals surface area (Å²) >= 11 is 0. The highest BCUT2D eigenvalue weighted by atomic mass is 16.5. The number of rotatable bonds is 1. The van der Waals surface area contributed by atoms with Crippen LogP contribution in [0.2, 0.25) is 0 Å². The molecule has 1 rings (SSSR count). The summed E-state index contributed by atoms with van der Waals surface area (Å²) < 4.78 is 4.95. The van der Waals surface area contributed by atoms with Crippen LogP contribution in [-0.4, -0.2) is 12.1 Å². The molecular weight excluding hydrogens is 154 g/mol. The first-order valence-electron chi connectivity index (χ1n) is 3.97. The first-order valence-corrected chi connectivity index (χ1v) is 3.97. The second-order valence-corrected chi connectivity index (χ2v) is 2.82. The third-order valence-corrected chi connectivity index (χ3v) is 1.83. The van der Waals surface area contributed by atoms with Crippen molar-refractivity contribution in [3.05, 3.63) is 12.2 Å². The fraction of sp³-hybridized carbons (Fsp3) is 0.556. The highest BCUT2D eigenvalue weighted by molar-refractivity contribution is 5.66. The number of carbonyl (C=O) groups is 1. The van der Waals surface area contributed by atoms with Gasteiger partial charge < -0.3 is 4.74 Å². The molecule has 3 nitrogen and oxygen atoms in total. The molecule has 0 aromatic carbocycles. The summed E-state index contributed by atoms with van der Waals surface area (Å²) in [7, 11) is 0. The highest BCUT2D eigenvalue weighted by Gasteiger charge is 2.23. The molecular formula is C9H11NO2. The van der Waals surface area contributed by atoms with Gasteiger partial charge in [0, 0.05) is 6.92 Å². The van der Waals surface area contributed by atoms with Gasteiger partial charge in [-0.05, 0) is 18.9 Å². The predicted octanol–water partition coefficient (Wildman–Crippen LogP) is 1.41. The molecule has 0 radical (unpaired) electrons.